The standard InChI is InChI=1S/C25H26F6N4O3/c1-4-9-35-21(33-20-8-6-5-7-19(20)22(35)36)15(2)34(10-11-38-3)23(37)32-18-13-16(24(26,27)28)12-17(14-18)25(29,30)31/h5-8,12-15H,4,9-11H2,1-3H3,(H,32,37). The number of methoxy groups -OCH3 is 1. The third kappa shape index (κ3) is 6.44. The van der Waals surface area contributed by atoms with Crippen LogP contribution in [0.25, 0.3) is 10.9 Å². The average molecular weight is 544 g/mol. The van der Waals surface area contributed by atoms with E-state index in [1.165, 1.54) is 11.7 Å². The summed E-state index contributed by atoms with van der Waals surface area (Å²) in [6.45, 7) is 3.59. The van der Waals surface area contributed by atoms with E-state index in [0.717, 1.165) is 4.90 Å². The number of nitrogens with one attached hydrogen (secondary N) is 1. The Balaban J connectivity index is 2.06. The molecular weight excluding hydrogens is 518 g/mol. The van der Waals surface area contributed by atoms with Crippen molar-refractivity contribution in [1.29, 1.82) is 0 Å². The maximum Gasteiger partial charge on any atom is 0.416 e. The molecule has 0 aliphatic rings. The molecule has 1 unspecified atom stereocenters. The van der Waals surface area contributed by atoms with Crippen molar-refractivity contribution in [2.24, 2.45) is 0 Å². The number of halogens is 6. The lowest BCUT2D eigenvalue weighted by Crippen LogP contribution is -2.42. The highest BCUT2D eigenvalue weighted by Crippen LogP contribution is 2.37. The van der Waals surface area contributed by atoms with Crippen LogP contribution in [0.15, 0.2) is 47.3 Å². The minimum Gasteiger partial charge on any atom is -0.383 e. The molecule has 38 heavy (non-hydrogen) atoms. The van der Waals surface area contributed by atoms with Crippen LogP contribution in [0.5, 0.6) is 0 Å². The van der Waals surface area contributed by atoms with E-state index in [1.54, 1.807) is 31.2 Å². The predicted molar refractivity (Wildman–Crippen MR) is 129 cm³/mol. The average Bonchev–Trinajstić information content (AvgIpc) is 2.84. The Labute approximate surface area is 214 Å². The first-order valence-corrected chi connectivity index (χ1v) is 11.6. The van der Waals surface area contributed by atoms with Crippen molar-refractivity contribution in [2.45, 2.75) is 45.2 Å². The van der Waals surface area contributed by atoms with Crippen LogP contribution in [-0.2, 0) is 23.6 Å². The number of rotatable bonds is 8. The maximum absolute atomic E-state index is 13.3. The summed E-state index contributed by atoms with van der Waals surface area (Å²) in [5, 5.41) is 2.52. The van der Waals surface area contributed by atoms with Gasteiger partial charge in [0.2, 0.25) is 0 Å². The molecular formula is C25H26F6N4O3. The van der Waals surface area contributed by atoms with E-state index in [0.29, 0.717) is 29.5 Å². The number of anilines is 1. The summed E-state index contributed by atoms with van der Waals surface area (Å²) in [6.07, 6.45) is -9.58. The number of amides is 2. The van der Waals surface area contributed by atoms with E-state index in [9.17, 15) is 35.9 Å². The number of nitrogens with zero attached hydrogens (tertiary/aromatic N) is 3. The molecule has 0 aliphatic carbocycles. The molecule has 1 heterocycles. The van der Waals surface area contributed by atoms with Crippen LogP contribution in [0, 0.1) is 0 Å². The van der Waals surface area contributed by atoms with E-state index < -0.39 is 41.2 Å². The number of hydrogen-bond donors (Lipinski definition) is 1. The van der Waals surface area contributed by atoms with Crippen molar-refractivity contribution in [3.63, 3.8) is 0 Å². The summed E-state index contributed by atoms with van der Waals surface area (Å²) in [5.41, 5.74) is -3.77. The third-order valence-electron chi connectivity index (χ3n) is 5.82. The van der Waals surface area contributed by atoms with Crippen LogP contribution in [0.1, 0.15) is 43.3 Å². The molecule has 0 saturated carbocycles. The molecule has 3 aromatic rings. The first-order chi connectivity index (χ1) is 17.8. The number of fused-ring (bicyclic) bond motifs is 1. The highest BCUT2D eigenvalue weighted by atomic mass is 19.4. The minimum atomic E-state index is -5.07. The van der Waals surface area contributed by atoms with Crippen molar-refractivity contribution in [2.75, 3.05) is 25.6 Å². The lowest BCUT2D eigenvalue weighted by atomic mass is 10.1. The number of urea groups is 1. The van der Waals surface area contributed by atoms with Gasteiger partial charge in [0, 0.05) is 25.9 Å². The van der Waals surface area contributed by atoms with Crippen molar-refractivity contribution in [1.82, 2.24) is 14.5 Å². The zero-order valence-electron chi connectivity index (χ0n) is 20.8. The molecule has 3 rings (SSSR count). The first kappa shape index (κ1) is 29.0. The normalized spacial score (nSPS) is 13.0. The fourth-order valence-electron chi connectivity index (χ4n) is 3.97. The van der Waals surface area contributed by atoms with E-state index in [4.69, 9.17) is 4.74 Å². The van der Waals surface area contributed by atoms with E-state index in [2.05, 4.69) is 10.3 Å². The Hall–Kier alpha value is -3.61. The summed E-state index contributed by atoms with van der Waals surface area (Å²) in [5.74, 6) is 0.210. The van der Waals surface area contributed by atoms with Crippen molar-refractivity contribution < 1.29 is 35.9 Å². The SMILES string of the molecule is CCCn1c(C(C)N(CCOC)C(=O)Nc2cc(C(F)(F)F)cc(C(F)(F)F)c2)nc2ccccc2c1=O. The van der Waals surface area contributed by atoms with Gasteiger partial charge < -0.3 is 15.0 Å². The van der Waals surface area contributed by atoms with Crippen LogP contribution in [0.4, 0.5) is 36.8 Å². The van der Waals surface area contributed by atoms with Gasteiger partial charge in [0.15, 0.2) is 0 Å². The van der Waals surface area contributed by atoms with Crippen LogP contribution < -0.4 is 10.9 Å². The number of hydrogen-bond acceptors (Lipinski definition) is 4. The summed E-state index contributed by atoms with van der Waals surface area (Å²) in [6, 6.07) is 5.55. The van der Waals surface area contributed by atoms with Gasteiger partial charge in [-0.15, -0.1) is 0 Å². The molecule has 0 saturated heterocycles. The fourth-order valence-corrected chi connectivity index (χ4v) is 3.97. The number of ether oxygens (including phenoxy) is 1. The molecule has 0 spiro atoms. The molecule has 206 valence electrons. The van der Waals surface area contributed by atoms with E-state index >= 15 is 0 Å². The Kier molecular flexibility index (Phi) is 8.70. The second kappa shape index (κ2) is 11.4. The Morgan fingerprint density at radius 2 is 1.68 bits per heavy atom. The Morgan fingerprint density at radius 1 is 1.08 bits per heavy atom. The summed E-state index contributed by atoms with van der Waals surface area (Å²) in [7, 11) is 1.37. The number of benzene rings is 2. The minimum absolute atomic E-state index is 0.000255. The van der Waals surface area contributed by atoms with Crippen molar-refractivity contribution >= 4 is 22.6 Å². The number of aromatic nitrogens is 2. The molecule has 0 fully saturated rings. The maximum atomic E-state index is 13.3. The van der Waals surface area contributed by atoms with Gasteiger partial charge in [-0.05, 0) is 43.7 Å². The molecule has 1 N–H and O–H groups in total. The van der Waals surface area contributed by atoms with Crippen LogP contribution in [0.2, 0.25) is 0 Å². The van der Waals surface area contributed by atoms with Gasteiger partial charge in [-0.25, -0.2) is 9.78 Å². The predicted octanol–water partition coefficient (Wildman–Crippen LogP) is 6.09. The smallest absolute Gasteiger partial charge is 0.383 e. The van der Waals surface area contributed by atoms with Gasteiger partial charge >= 0.3 is 18.4 Å². The molecule has 2 amide bonds. The van der Waals surface area contributed by atoms with Gasteiger partial charge in [-0.3, -0.25) is 9.36 Å². The number of carbonyl (C=O) groups excluding carboxylic acids is 1. The molecule has 0 radical (unpaired) electrons. The third-order valence-corrected chi connectivity index (χ3v) is 5.82. The molecule has 7 nitrogen and oxygen atoms in total. The van der Waals surface area contributed by atoms with Crippen molar-refractivity contribution in [3.8, 4) is 0 Å². The number of carbonyl (C=O) groups is 1. The largest absolute Gasteiger partial charge is 0.416 e. The van der Waals surface area contributed by atoms with Gasteiger partial charge in [0.05, 0.1) is 34.7 Å². The second-order valence-corrected chi connectivity index (χ2v) is 8.53. The topological polar surface area (TPSA) is 76.5 Å². The first-order valence-electron chi connectivity index (χ1n) is 11.6. The molecule has 2 aromatic carbocycles. The van der Waals surface area contributed by atoms with E-state index in [-0.39, 0.29) is 37.1 Å². The van der Waals surface area contributed by atoms with Crippen molar-refractivity contribution in [3.05, 3.63) is 69.8 Å². The molecule has 1 atom stereocenters. The molecule has 0 aliphatic heterocycles. The lowest BCUT2D eigenvalue weighted by Gasteiger charge is -2.30. The second-order valence-electron chi connectivity index (χ2n) is 8.53. The number of para-hydroxylation sites is 1. The van der Waals surface area contributed by atoms with Gasteiger partial charge in [-0.2, -0.15) is 26.3 Å². The van der Waals surface area contributed by atoms with Crippen LogP contribution in [-0.4, -0.2) is 40.7 Å². The summed E-state index contributed by atoms with van der Waals surface area (Å²) in [4.78, 5) is 32.1. The zero-order chi connectivity index (χ0) is 28.3. The lowest BCUT2D eigenvalue weighted by molar-refractivity contribution is -0.143. The number of alkyl halides is 6. The molecule has 0 bridgehead atoms. The fraction of sp³-hybridized carbons (Fsp3) is 0.400. The monoisotopic (exact) mass is 544 g/mol. The van der Waals surface area contributed by atoms with Gasteiger partial charge in [0.25, 0.3) is 5.56 Å². The van der Waals surface area contributed by atoms with Gasteiger partial charge in [0.1, 0.15) is 5.82 Å². The zero-order valence-corrected chi connectivity index (χ0v) is 20.8. The highest BCUT2D eigenvalue weighted by Gasteiger charge is 2.37. The molecule has 13 heteroatoms. The van der Waals surface area contributed by atoms with E-state index in [1.807, 2.05) is 6.92 Å². The Bertz CT molecular complexity index is 1320. The Morgan fingerprint density at radius 3 is 2.24 bits per heavy atom. The highest BCUT2D eigenvalue weighted by molar-refractivity contribution is 5.90. The quantitative estimate of drug-likeness (QED) is 0.349. The summed E-state index contributed by atoms with van der Waals surface area (Å²) < 4.78 is 86.2. The van der Waals surface area contributed by atoms with Crippen LogP contribution in [0.3, 0.4) is 0 Å². The molecule has 1 aromatic heterocycles. The van der Waals surface area contributed by atoms with Crippen LogP contribution >= 0.6 is 0 Å². The summed E-state index contributed by atoms with van der Waals surface area (Å²) >= 11 is 0. The van der Waals surface area contributed by atoms with Gasteiger partial charge in [-0.1, -0.05) is 19.1 Å².